The SMILES string of the molecule is CC1(Oc2ccc(N)c(C(=N)c3cc(N4CCC(N=CN=CN)CC4)ncn3)c2)CC1. The first-order valence-electron chi connectivity index (χ1n) is 10.5. The number of aliphatic imine (C=N–C) groups is 2. The molecule has 9 heteroatoms. The van der Waals surface area contributed by atoms with Crippen molar-refractivity contribution >= 4 is 29.9 Å². The average Bonchev–Trinajstić information content (AvgIpc) is 3.52. The van der Waals surface area contributed by atoms with Gasteiger partial charge in [0.2, 0.25) is 0 Å². The highest BCUT2D eigenvalue weighted by molar-refractivity contribution is 6.13. The lowest BCUT2D eigenvalue weighted by molar-refractivity contribution is 0.200. The Morgan fingerprint density at radius 3 is 2.74 bits per heavy atom. The number of aromatic nitrogens is 2. The van der Waals surface area contributed by atoms with E-state index in [9.17, 15) is 0 Å². The maximum absolute atomic E-state index is 8.70. The Bertz CT molecular complexity index is 1010. The molecule has 0 spiro atoms. The minimum atomic E-state index is -0.0928. The molecule has 2 aliphatic rings. The molecular weight excluding hydrogens is 392 g/mol. The highest BCUT2D eigenvalue weighted by Gasteiger charge is 2.40. The molecule has 1 saturated carbocycles. The van der Waals surface area contributed by atoms with E-state index in [2.05, 4.69) is 31.8 Å². The molecule has 2 fully saturated rings. The summed E-state index contributed by atoms with van der Waals surface area (Å²) in [6.45, 7) is 3.73. The fourth-order valence-electron chi connectivity index (χ4n) is 3.59. The van der Waals surface area contributed by atoms with Gasteiger partial charge in [0.15, 0.2) is 0 Å². The van der Waals surface area contributed by atoms with Crippen LogP contribution < -0.4 is 21.1 Å². The number of rotatable bonds is 7. The Morgan fingerprint density at radius 1 is 1.26 bits per heavy atom. The Hall–Kier alpha value is -3.49. The third-order valence-corrected chi connectivity index (χ3v) is 5.74. The lowest BCUT2D eigenvalue weighted by atomic mass is 10.0. The molecule has 1 saturated heterocycles. The van der Waals surface area contributed by atoms with Gasteiger partial charge in [0.1, 0.15) is 29.8 Å². The van der Waals surface area contributed by atoms with Crippen LogP contribution in [0.1, 0.15) is 43.9 Å². The second-order valence-corrected chi connectivity index (χ2v) is 8.22. The minimum Gasteiger partial charge on any atom is -0.488 e. The van der Waals surface area contributed by atoms with Crippen molar-refractivity contribution in [2.75, 3.05) is 23.7 Å². The van der Waals surface area contributed by atoms with Crippen LogP contribution in [0.4, 0.5) is 11.5 Å². The lowest BCUT2D eigenvalue weighted by Gasteiger charge is -2.31. The van der Waals surface area contributed by atoms with Crippen molar-refractivity contribution in [2.24, 2.45) is 15.7 Å². The van der Waals surface area contributed by atoms with Crippen LogP contribution >= 0.6 is 0 Å². The molecule has 0 unspecified atom stereocenters. The van der Waals surface area contributed by atoms with E-state index in [-0.39, 0.29) is 17.4 Å². The summed E-state index contributed by atoms with van der Waals surface area (Å²) < 4.78 is 6.04. The molecule has 162 valence electrons. The van der Waals surface area contributed by atoms with Gasteiger partial charge in [-0.15, -0.1) is 0 Å². The Balaban J connectivity index is 1.47. The van der Waals surface area contributed by atoms with Crippen molar-refractivity contribution < 1.29 is 4.74 Å². The molecule has 0 bridgehead atoms. The van der Waals surface area contributed by atoms with E-state index in [4.69, 9.17) is 21.6 Å². The predicted octanol–water partition coefficient (Wildman–Crippen LogP) is 2.39. The molecule has 1 aromatic carbocycles. The first-order valence-corrected chi connectivity index (χ1v) is 10.5. The van der Waals surface area contributed by atoms with Gasteiger partial charge in [-0.1, -0.05) is 0 Å². The Morgan fingerprint density at radius 2 is 2.03 bits per heavy atom. The molecule has 5 N–H and O–H groups in total. The van der Waals surface area contributed by atoms with Crippen LogP contribution in [0, 0.1) is 5.41 Å². The zero-order valence-electron chi connectivity index (χ0n) is 17.7. The van der Waals surface area contributed by atoms with Crippen LogP contribution in [-0.4, -0.2) is 53.1 Å². The van der Waals surface area contributed by atoms with Crippen molar-refractivity contribution in [2.45, 2.75) is 44.2 Å². The van der Waals surface area contributed by atoms with Gasteiger partial charge >= 0.3 is 0 Å². The van der Waals surface area contributed by atoms with Crippen molar-refractivity contribution in [1.29, 1.82) is 5.41 Å². The highest BCUT2D eigenvalue weighted by atomic mass is 16.5. The normalized spacial score (nSPS) is 18.5. The van der Waals surface area contributed by atoms with Crippen LogP contribution in [0.5, 0.6) is 5.75 Å². The van der Waals surface area contributed by atoms with E-state index < -0.39 is 0 Å². The first-order chi connectivity index (χ1) is 15.0. The molecule has 0 amide bonds. The van der Waals surface area contributed by atoms with Crippen LogP contribution in [0.3, 0.4) is 0 Å². The van der Waals surface area contributed by atoms with Gasteiger partial charge in [0.05, 0.1) is 23.8 Å². The molecular formula is C22H28N8O. The van der Waals surface area contributed by atoms with Gasteiger partial charge < -0.3 is 21.1 Å². The van der Waals surface area contributed by atoms with E-state index in [0.717, 1.165) is 50.3 Å². The molecule has 1 aromatic heterocycles. The van der Waals surface area contributed by atoms with Gasteiger partial charge in [-0.2, -0.15) is 0 Å². The van der Waals surface area contributed by atoms with Crippen molar-refractivity contribution in [3.63, 3.8) is 0 Å². The van der Waals surface area contributed by atoms with E-state index in [0.29, 0.717) is 16.9 Å². The third kappa shape index (κ3) is 4.99. The number of nitrogens with one attached hydrogen (secondary N) is 1. The molecule has 2 heterocycles. The minimum absolute atomic E-state index is 0.0928. The van der Waals surface area contributed by atoms with Crippen molar-refractivity contribution in [3.05, 3.63) is 41.9 Å². The first kappa shape index (κ1) is 20.8. The third-order valence-electron chi connectivity index (χ3n) is 5.74. The van der Waals surface area contributed by atoms with E-state index >= 15 is 0 Å². The topological polar surface area (TPSA) is 139 Å². The van der Waals surface area contributed by atoms with Gasteiger partial charge in [-0.25, -0.2) is 15.0 Å². The second-order valence-electron chi connectivity index (χ2n) is 8.22. The van der Waals surface area contributed by atoms with E-state index in [1.807, 2.05) is 18.2 Å². The zero-order chi connectivity index (χ0) is 21.8. The van der Waals surface area contributed by atoms with Gasteiger partial charge in [-0.05, 0) is 50.8 Å². The highest BCUT2D eigenvalue weighted by Crippen LogP contribution is 2.40. The number of ether oxygens (including phenoxy) is 1. The van der Waals surface area contributed by atoms with Crippen LogP contribution in [0.15, 0.2) is 40.6 Å². The predicted molar refractivity (Wildman–Crippen MR) is 123 cm³/mol. The molecule has 31 heavy (non-hydrogen) atoms. The van der Waals surface area contributed by atoms with Gasteiger partial charge in [-0.3, -0.25) is 10.4 Å². The summed E-state index contributed by atoms with van der Waals surface area (Å²) in [5.74, 6) is 1.53. The Labute approximate surface area is 181 Å². The summed E-state index contributed by atoms with van der Waals surface area (Å²) >= 11 is 0. The monoisotopic (exact) mass is 420 g/mol. The number of nitrogens with zero attached hydrogens (tertiary/aromatic N) is 5. The molecule has 0 radical (unpaired) electrons. The molecule has 0 atom stereocenters. The number of piperidine rings is 1. The smallest absolute Gasteiger partial charge is 0.132 e. The summed E-state index contributed by atoms with van der Waals surface area (Å²) in [6, 6.07) is 7.55. The number of hydrogen-bond acceptors (Lipinski definition) is 7. The molecule has 9 nitrogen and oxygen atoms in total. The molecule has 1 aliphatic carbocycles. The largest absolute Gasteiger partial charge is 0.488 e. The quantitative estimate of drug-likeness (QED) is 0.357. The van der Waals surface area contributed by atoms with Crippen LogP contribution in [-0.2, 0) is 0 Å². The fourth-order valence-corrected chi connectivity index (χ4v) is 3.59. The summed E-state index contributed by atoms with van der Waals surface area (Å²) in [5, 5.41) is 8.70. The molecule has 4 rings (SSSR count). The van der Waals surface area contributed by atoms with Crippen molar-refractivity contribution in [3.8, 4) is 5.75 Å². The summed E-state index contributed by atoms with van der Waals surface area (Å²) in [4.78, 5) is 19.2. The van der Waals surface area contributed by atoms with E-state index in [1.165, 1.54) is 19.0 Å². The van der Waals surface area contributed by atoms with Crippen LogP contribution in [0.25, 0.3) is 0 Å². The van der Waals surface area contributed by atoms with Crippen LogP contribution in [0.2, 0.25) is 0 Å². The summed E-state index contributed by atoms with van der Waals surface area (Å²) in [6.07, 6.45) is 8.13. The average molecular weight is 421 g/mol. The second kappa shape index (κ2) is 8.71. The van der Waals surface area contributed by atoms with E-state index in [1.54, 1.807) is 6.07 Å². The molecule has 1 aliphatic heterocycles. The fraction of sp³-hybridized carbons (Fsp3) is 0.409. The van der Waals surface area contributed by atoms with Crippen molar-refractivity contribution in [1.82, 2.24) is 9.97 Å². The number of anilines is 2. The summed E-state index contributed by atoms with van der Waals surface area (Å²) in [5.41, 5.74) is 13.2. The maximum Gasteiger partial charge on any atom is 0.132 e. The number of hydrogen-bond donors (Lipinski definition) is 3. The number of benzene rings is 1. The zero-order valence-corrected chi connectivity index (χ0v) is 17.7. The number of nitrogens with two attached hydrogens (primary N) is 2. The lowest BCUT2D eigenvalue weighted by Crippen LogP contribution is -2.36. The molecule has 2 aromatic rings. The van der Waals surface area contributed by atoms with Gasteiger partial charge in [0.25, 0.3) is 0 Å². The Kier molecular flexibility index (Phi) is 5.83. The number of nitrogen functional groups attached to an aromatic ring is 1. The standard InChI is InChI=1S/C22H28N8O/c1-22(6-7-22)31-16-2-3-18(24)17(10-16)21(25)19-11-20(29-14-28-19)30-8-4-15(5-9-30)27-13-26-12-23/h2-3,10-15,25H,4-9,24H2,1H3,(H2,23,26,27). The van der Waals surface area contributed by atoms with Gasteiger partial charge in [0, 0.05) is 30.4 Å². The maximum atomic E-state index is 8.70. The summed E-state index contributed by atoms with van der Waals surface area (Å²) in [7, 11) is 0.